The SMILES string of the molecule is COc1ccc(-c2[nH]nc3nc(Nc4ccc(N5CCOC(OC)C5)cc4)nc(OC4CCCC4)c23)cc1OC.Cl. The molecule has 1 aliphatic carbocycles. The molecule has 218 valence electrons. The highest BCUT2D eigenvalue weighted by Crippen LogP contribution is 2.38. The van der Waals surface area contributed by atoms with E-state index in [-0.39, 0.29) is 24.8 Å². The number of fused-ring (bicyclic) bond motifs is 1. The molecule has 0 bridgehead atoms. The van der Waals surface area contributed by atoms with E-state index in [9.17, 15) is 0 Å². The van der Waals surface area contributed by atoms with Crippen molar-refractivity contribution in [3.05, 3.63) is 42.5 Å². The lowest BCUT2D eigenvalue weighted by Crippen LogP contribution is -2.43. The first-order chi connectivity index (χ1) is 19.6. The average Bonchev–Trinajstić information content (AvgIpc) is 3.67. The Kier molecular flexibility index (Phi) is 8.96. The first kappa shape index (κ1) is 28.7. The van der Waals surface area contributed by atoms with Crippen LogP contribution < -0.4 is 24.4 Å². The lowest BCUT2D eigenvalue weighted by atomic mass is 10.1. The molecule has 2 aliphatic rings. The molecule has 1 unspecified atom stereocenters. The summed E-state index contributed by atoms with van der Waals surface area (Å²) >= 11 is 0. The second kappa shape index (κ2) is 12.8. The number of aromatic nitrogens is 4. The number of anilines is 3. The molecule has 1 atom stereocenters. The van der Waals surface area contributed by atoms with Gasteiger partial charge in [0.2, 0.25) is 11.8 Å². The van der Waals surface area contributed by atoms with E-state index < -0.39 is 0 Å². The number of benzene rings is 2. The first-order valence-corrected chi connectivity index (χ1v) is 13.6. The Labute approximate surface area is 244 Å². The van der Waals surface area contributed by atoms with E-state index in [0.29, 0.717) is 42.1 Å². The second-order valence-electron chi connectivity index (χ2n) is 9.90. The van der Waals surface area contributed by atoms with E-state index in [2.05, 4.69) is 32.5 Å². The molecule has 4 aromatic rings. The second-order valence-corrected chi connectivity index (χ2v) is 9.90. The van der Waals surface area contributed by atoms with Crippen LogP contribution in [0, 0.1) is 0 Å². The van der Waals surface area contributed by atoms with Crippen LogP contribution in [0.5, 0.6) is 17.4 Å². The zero-order valence-electron chi connectivity index (χ0n) is 23.4. The monoisotopic (exact) mass is 582 g/mol. The van der Waals surface area contributed by atoms with Crippen LogP contribution in [0.1, 0.15) is 25.7 Å². The summed E-state index contributed by atoms with van der Waals surface area (Å²) in [6.07, 6.45) is 4.21. The quantitative estimate of drug-likeness (QED) is 0.268. The van der Waals surface area contributed by atoms with Crippen molar-refractivity contribution in [1.82, 2.24) is 20.2 Å². The molecule has 0 radical (unpaired) electrons. The lowest BCUT2D eigenvalue weighted by molar-refractivity contribution is -0.128. The molecule has 3 heterocycles. The zero-order valence-corrected chi connectivity index (χ0v) is 24.2. The Morgan fingerprint density at radius 1 is 0.976 bits per heavy atom. The summed E-state index contributed by atoms with van der Waals surface area (Å²) in [6.45, 7) is 2.13. The van der Waals surface area contributed by atoms with Crippen LogP contribution in [0.4, 0.5) is 17.3 Å². The number of hydrogen-bond acceptors (Lipinski definition) is 10. The van der Waals surface area contributed by atoms with Gasteiger partial charge in [-0.25, -0.2) is 0 Å². The topological polar surface area (TPSA) is 116 Å². The Hall–Kier alpha value is -3.80. The third kappa shape index (κ3) is 6.12. The molecule has 2 N–H and O–H groups in total. The van der Waals surface area contributed by atoms with Gasteiger partial charge in [-0.1, -0.05) is 0 Å². The van der Waals surface area contributed by atoms with Crippen molar-refractivity contribution >= 4 is 40.8 Å². The van der Waals surface area contributed by atoms with Crippen molar-refractivity contribution in [3.63, 3.8) is 0 Å². The van der Waals surface area contributed by atoms with Gasteiger partial charge in [0.1, 0.15) is 11.5 Å². The number of aromatic amines is 1. The molecule has 1 aliphatic heterocycles. The fourth-order valence-electron chi connectivity index (χ4n) is 5.28. The van der Waals surface area contributed by atoms with Crippen LogP contribution in [0.3, 0.4) is 0 Å². The maximum atomic E-state index is 6.47. The molecule has 11 nitrogen and oxygen atoms in total. The van der Waals surface area contributed by atoms with Gasteiger partial charge in [-0.15, -0.1) is 12.4 Å². The zero-order chi connectivity index (χ0) is 27.5. The van der Waals surface area contributed by atoms with Crippen LogP contribution in [0.15, 0.2) is 42.5 Å². The molecule has 2 aromatic heterocycles. The van der Waals surface area contributed by atoms with E-state index in [0.717, 1.165) is 60.2 Å². The van der Waals surface area contributed by atoms with Crippen molar-refractivity contribution in [2.45, 2.75) is 38.1 Å². The summed E-state index contributed by atoms with van der Waals surface area (Å²) in [5, 5.41) is 11.7. The summed E-state index contributed by atoms with van der Waals surface area (Å²) in [4.78, 5) is 11.8. The van der Waals surface area contributed by atoms with E-state index >= 15 is 0 Å². The van der Waals surface area contributed by atoms with Crippen molar-refractivity contribution < 1.29 is 23.7 Å². The fraction of sp³-hybridized carbons (Fsp3) is 0.414. The predicted molar refractivity (Wildman–Crippen MR) is 159 cm³/mol. The van der Waals surface area contributed by atoms with Gasteiger partial charge >= 0.3 is 0 Å². The van der Waals surface area contributed by atoms with Crippen molar-refractivity contribution in [2.24, 2.45) is 0 Å². The Morgan fingerprint density at radius 2 is 1.76 bits per heavy atom. The summed E-state index contributed by atoms with van der Waals surface area (Å²) < 4.78 is 28.4. The van der Waals surface area contributed by atoms with Gasteiger partial charge in [0.25, 0.3) is 0 Å². The average molecular weight is 583 g/mol. The van der Waals surface area contributed by atoms with Gasteiger partial charge < -0.3 is 33.9 Å². The molecule has 6 rings (SSSR count). The van der Waals surface area contributed by atoms with Gasteiger partial charge in [0.05, 0.1) is 33.1 Å². The highest BCUT2D eigenvalue weighted by molar-refractivity contribution is 5.95. The van der Waals surface area contributed by atoms with E-state index in [1.54, 1.807) is 21.3 Å². The van der Waals surface area contributed by atoms with E-state index in [1.165, 1.54) is 0 Å². The molecule has 1 saturated carbocycles. The van der Waals surface area contributed by atoms with Gasteiger partial charge in [-0.3, -0.25) is 5.10 Å². The van der Waals surface area contributed by atoms with E-state index in [1.807, 2.05) is 30.3 Å². The Bertz CT molecular complexity index is 1460. The third-order valence-corrected chi connectivity index (χ3v) is 7.42. The summed E-state index contributed by atoms with van der Waals surface area (Å²) in [5.41, 5.74) is 4.12. The lowest BCUT2D eigenvalue weighted by Gasteiger charge is -2.33. The van der Waals surface area contributed by atoms with E-state index in [4.69, 9.17) is 33.7 Å². The number of halogens is 1. The van der Waals surface area contributed by atoms with Gasteiger partial charge in [0.15, 0.2) is 23.4 Å². The minimum atomic E-state index is -0.220. The molecular formula is C29H35ClN6O5. The molecular weight excluding hydrogens is 548 g/mol. The maximum absolute atomic E-state index is 6.47. The number of nitrogens with one attached hydrogen (secondary N) is 2. The number of methoxy groups -OCH3 is 3. The summed E-state index contributed by atoms with van der Waals surface area (Å²) in [6, 6.07) is 13.9. The number of nitrogens with zero attached hydrogens (tertiary/aromatic N) is 4. The molecule has 2 aromatic carbocycles. The highest BCUT2D eigenvalue weighted by Gasteiger charge is 2.24. The van der Waals surface area contributed by atoms with Crippen LogP contribution in [0.2, 0.25) is 0 Å². The molecule has 0 amide bonds. The molecule has 2 fully saturated rings. The molecule has 12 heteroatoms. The first-order valence-electron chi connectivity index (χ1n) is 13.6. The van der Waals surface area contributed by atoms with Crippen LogP contribution in [0.25, 0.3) is 22.3 Å². The van der Waals surface area contributed by atoms with Crippen molar-refractivity contribution in [1.29, 1.82) is 0 Å². The third-order valence-electron chi connectivity index (χ3n) is 7.42. The Balaban J connectivity index is 0.00000337. The molecule has 1 saturated heterocycles. The van der Waals surface area contributed by atoms with Crippen LogP contribution >= 0.6 is 12.4 Å². The number of morpholine rings is 1. The molecule has 0 spiro atoms. The van der Waals surface area contributed by atoms with Crippen molar-refractivity contribution in [2.75, 3.05) is 51.2 Å². The standard InChI is InChI=1S/C29H34N6O5.ClH/c1-36-22-13-8-18(16-23(22)37-2)26-25-27(34-33-26)31-29(32-28(25)40-21-6-4-5-7-21)30-19-9-11-20(12-10-19)35-14-15-39-24(17-35)38-3;/h8-13,16,21,24H,4-7,14-15,17H2,1-3H3,(H2,30,31,32,33,34);1H. The minimum absolute atomic E-state index is 0. The van der Waals surface area contributed by atoms with Gasteiger partial charge in [-0.05, 0) is 68.1 Å². The summed E-state index contributed by atoms with van der Waals surface area (Å²) in [7, 11) is 4.90. The smallest absolute Gasteiger partial charge is 0.232 e. The van der Waals surface area contributed by atoms with Crippen LogP contribution in [-0.4, -0.2) is 73.6 Å². The minimum Gasteiger partial charge on any atom is -0.493 e. The van der Waals surface area contributed by atoms with Gasteiger partial charge in [-0.2, -0.15) is 15.1 Å². The number of ether oxygens (including phenoxy) is 5. The maximum Gasteiger partial charge on any atom is 0.232 e. The Morgan fingerprint density at radius 3 is 2.49 bits per heavy atom. The predicted octanol–water partition coefficient (Wildman–Crippen LogP) is 5.33. The number of rotatable bonds is 9. The normalized spacial score (nSPS) is 17.3. The van der Waals surface area contributed by atoms with Crippen molar-refractivity contribution in [3.8, 4) is 28.6 Å². The number of hydrogen-bond donors (Lipinski definition) is 2. The molecule has 41 heavy (non-hydrogen) atoms. The highest BCUT2D eigenvalue weighted by atomic mass is 35.5. The number of H-pyrrole nitrogens is 1. The van der Waals surface area contributed by atoms with Gasteiger partial charge in [0, 0.05) is 30.6 Å². The largest absolute Gasteiger partial charge is 0.493 e. The summed E-state index contributed by atoms with van der Waals surface area (Å²) in [5.74, 6) is 2.20. The van der Waals surface area contributed by atoms with Crippen LogP contribution in [-0.2, 0) is 9.47 Å². The fourth-order valence-corrected chi connectivity index (χ4v) is 5.28.